The molecule has 1 aliphatic carbocycles. The summed E-state index contributed by atoms with van der Waals surface area (Å²) < 4.78 is 0. The van der Waals surface area contributed by atoms with Crippen LogP contribution in [0.1, 0.15) is 50.2 Å². The molecule has 1 atom stereocenters. The zero-order valence-corrected chi connectivity index (χ0v) is 12.6. The summed E-state index contributed by atoms with van der Waals surface area (Å²) in [5.41, 5.74) is 8.22. The topological polar surface area (TPSA) is 55.1 Å². The predicted octanol–water partition coefficient (Wildman–Crippen LogP) is 2.66. The summed E-state index contributed by atoms with van der Waals surface area (Å²) >= 11 is 0. The van der Waals surface area contributed by atoms with Gasteiger partial charge in [0.15, 0.2) is 0 Å². The molecule has 1 aliphatic rings. The van der Waals surface area contributed by atoms with Crippen molar-refractivity contribution >= 4 is 5.91 Å². The number of rotatable bonds is 5. The van der Waals surface area contributed by atoms with Gasteiger partial charge >= 0.3 is 0 Å². The Morgan fingerprint density at radius 2 is 2.05 bits per heavy atom. The van der Waals surface area contributed by atoms with Crippen molar-refractivity contribution in [2.45, 2.75) is 57.4 Å². The standard InChI is InChI=1S/C17H26N2O/c1-13-7-6-8-15(11-13)17(9-4-3-5-10-17)12-19-14(2)16(18)20/h6-8,11,14,19H,3-5,9-10,12H2,1-2H3,(H2,18,20). The van der Waals surface area contributed by atoms with E-state index in [-0.39, 0.29) is 17.4 Å². The number of hydrogen-bond acceptors (Lipinski definition) is 2. The zero-order valence-electron chi connectivity index (χ0n) is 12.6. The summed E-state index contributed by atoms with van der Waals surface area (Å²) in [5.74, 6) is -0.278. The molecule has 3 heteroatoms. The number of nitrogens with one attached hydrogen (secondary N) is 1. The van der Waals surface area contributed by atoms with Gasteiger partial charge in [-0.05, 0) is 32.3 Å². The third-order valence-corrected chi connectivity index (χ3v) is 4.61. The summed E-state index contributed by atoms with van der Waals surface area (Å²) in [4.78, 5) is 11.2. The third-order valence-electron chi connectivity index (χ3n) is 4.61. The van der Waals surface area contributed by atoms with Crippen LogP contribution >= 0.6 is 0 Å². The lowest BCUT2D eigenvalue weighted by atomic mass is 9.69. The van der Waals surface area contributed by atoms with Crippen molar-refractivity contribution < 1.29 is 4.79 Å². The van der Waals surface area contributed by atoms with Crippen LogP contribution in [-0.2, 0) is 10.2 Å². The molecule has 1 aromatic rings. The van der Waals surface area contributed by atoms with Crippen molar-refractivity contribution in [1.82, 2.24) is 5.32 Å². The Morgan fingerprint density at radius 3 is 2.65 bits per heavy atom. The zero-order chi connectivity index (χ0) is 14.6. The van der Waals surface area contributed by atoms with Crippen molar-refractivity contribution in [3.8, 4) is 0 Å². The lowest BCUT2D eigenvalue weighted by molar-refractivity contribution is -0.119. The first kappa shape index (κ1) is 15.0. The van der Waals surface area contributed by atoms with Gasteiger partial charge in [-0.1, -0.05) is 49.1 Å². The maximum atomic E-state index is 11.2. The number of carbonyl (C=O) groups is 1. The van der Waals surface area contributed by atoms with Gasteiger partial charge in [0.25, 0.3) is 0 Å². The minimum absolute atomic E-state index is 0.161. The van der Waals surface area contributed by atoms with Crippen LogP contribution in [0.5, 0.6) is 0 Å². The Labute approximate surface area is 121 Å². The summed E-state index contributed by atoms with van der Waals surface area (Å²) in [6.45, 7) is 4.81. The van der Waals surface area contributed by atoms with Crippen molar-refractivity contribution in [2.75, 3.05) is 6.54 Å². The number of nitrogens with two attached hydrogens (primary N) is 1. The van der Waals surface area contributed by atoms with E-state index in [1.54, 1.807) is 0 Å². The first-order valence-electron chi connectivity index (χ1n) is 7.63. The number of aryl methyl sites for hydroxylation is 1. The van der Waals surface area contributed by atoms with Gasteiger partial charge in [0.2, 0.25) is 5.91 Å². The highest BCUT2D eigenvalue weighted by Gasteiger charge is 2.34. The van der Waals surface area contributed by atoms with Gasteiger partial charge in [0, 0.05) is 12.0 Å². The van der Waals surface area contributed by atoms with E-state index in [1.807, 2.05) is 6.92 Å². The van der Waals surface area contributed by atoms with Gasteiger partial charge in [-0.25, -0.2) is 0 Å². The van der Waals surface area contributed by atoms with Gasteiger partial charge in [-0.3, -0.25) is 4.79 Å². The Bertz CT molecular complexity index is 464. The second kappa shape index (κ2) is 6.40. The molecule has 20 heavy (non-hydrogen) atoms. The largest absolute Gasteiger partial charge is 0.368 e. The van der Waals surface area contributed by atoms with E-state index >= 15 is 0 Å². The van der Waals surface area contributed by atoms with Crippen molar-refractivity contribution in [2.24, 2.45) is 5.73 Å². The fourth-order valence-corrected chi connectivity index (χ4v) is 3.22. The number of primary amides is 1. The first-order chi connectivity index (χ1) is 9.53. The van der Waals surface area contributed by atoms with Crippen molar-refractivity contribution in [3.63, 3.8) is 0 Å². The summed E-state index contributed by atoms with van der Waals surface area (Å²) in [6, 6.07) is 8.54. The SMILES string of the molecule is Cc1cccc(C2(CNC(C)C(N)=O)CCCCC2)c1. The molecule has 0 aliphatic heterocycles. The van der Waals surface area contributed by atoms with Crippen molar-refractivity contribution in [1.29, 1.82) is 0 Å². The molecule has 1 fully saturated rings. The summed E-state index contributed by atoms with van der Waals surface area (Å²) in [7, 11) is 0. The Balaban J connectivity index is 2.19. The van der Waals surface area contributed by atoms with E-state index < -0.39 is 0 Å². The lowest BCUT2D eigenvalue weighted by Gasteiger charge is -2.39. The predicted molar refractivity (Wildman–Crippen MR) is 82.6 cm³/mol. The fraction of sp³-hybridized carbons (Fsp3) is 0.588. The molecular formula is C17H26N2O. The van der Waals surface area contributed by atoms with E-state index in [4.69, 9.17) is 5.73 Å². The molecule has 3 N–H and O–H groups in total. The molecular weight excluding hydrogens is 248 g/mol. The van der Waals surface area contributed by atoms with Gasteiger partial charge in [-0.15, -0.1) is 0 Å². The summed E-state index contributed by atoms with van der Waals surface area (Å²) in [6.07, 6.45) is 6.23. The molecule has 0 aromatic heterocycles. The van der Waals surface area contributed by atoms with Crippen LogP contribution in [0.2, 0.25) is 0 Å². The van der Waals surface area contributed by atoms with Gasteiger partial charge in [0.1, 0.15) is 0 Å². The average molecular weight is 274 g/mol. The van der Waals surface area contributed by atoms with Crippen LogP contribution < -0.4 is 11.1 Å². The molecule has 1 saturated carbocycles. The molecule has 2 rings (SSSR count). The number of hydrogen-bond donors (Lipinski definition) is 2. The van der Waals surface area contributed by atoms with E-state index in [9.17, 15) is 4.79 Å². The second-order valence-electron chi connectivity index (χ2n) is 6.22. The molecule has 110 valence electrons. The highest BCUT2D eigenvalue weighted by molar-refractivity contribution is 5.79. The first-order valence-corrected chi connectivity index (χ1v) is 7.63. The molecule has 0 saturated heterocycles. The minimum atomic E-state index is -0.278. The Hall–Kier alpha value is -1.35. The maximum Gasteiger partial charge on any atom is 0.234 e. The molecule has 3 nitrogen and oxygen atoms in total. The van der Waals surface area contributed by atoms with Crippen LogP contribution in [0.25, 0.3) is 0 Å². The van der Waals surface area contributed by atoms with E-state index in [2.05, 4.69) is 36.5 Å². The molecule has 0 bridgehead atoms. The highest BCUT2D eigenvalue weighted by Crippen LogP contribution is 2.39. The maximum absolute atomic E-state index is 11.2. The number of benzene rings is 1. The summed E-state index contributed by atoms with van der Waals surface area (Å²) in [5, 5.41) is 3.34. The van der Waals surface area contributed by atoms with Crippen LogP contribution in [0.3, 0.4) is 0 Å². The number of amides is 1. The van der Waals surface area contributed by atoms with Gasteiger partial charge in [0.05, 0.1) is 6.04 Å². The number of carbonyl (C=O) groups excluding carboxylic acids is 1. The third kappa shape index (κ3) is 3.40. The second-order valence-corrected chi connectivity index (χ2v) is 6.22. The van der Waals surface area contributed by atoms with Gasteiger partial charge < -0.3 is 11.1 Å². The lowest BCUT2D eigenvalue weighted by Crippen LogP contribution is -2.47. The van der Waals surface area contributed by atoms with E-state index in [0.29, 0.717) is 0 Å². The molecule has 0 spiro atoms. The average Bonchev–Trinajstić information content (AvgIpc) is 2.45. The smallest absolute Gasteiger partial charge is 0.234 e. The monoisotopic (exact) mass is 274 g/mol. The van der Waals surface area contributed by atoms with Crippen molar-refractivity contribution in [3.05, 3.63) is 35.4 Å². The van der Waals surface area contributed by atoms with E-state index in [1.165, 1.54) is 43.2 Å². The fourth-order valence-electron chi connectivity index (χ4n) is 3.22. The van der Waals surface area contributed by atoms with Crippen LogP contribution in [-0.4, -0.2) is 18.5 Å². The minimum Gasteiger partial charge on any atom is -0.368 e. The molecule has 1 aromatic carbocycles. The molecule has 0 heterocycles. The van der Waals surface area contributed by atoms with Crippen LogP contribution in [0.4, 0.5) is 0 Å². The van der Waals surface area contributed by atoms with Crippen LogP contribution in [0, 0.1) is 6.92 Å². The van der Waals surface area contributed by atoms with Crippen LogP contribution in [0.15, 0.2) is 24.3 Å². The molecule has 0 radical (unpaired) electrons. The quantitative estimate of drug-likeness (QED) is 0.867. The van der Waals surface area contributed by atoms with Gasteiger partial charge in [-0.2, -0.15) is 0 Å². The van der Waals surface area contributed by atoms with E-state index in [0.717, 1.165) is 6.54 Å². The highest BCUT2D eigenvalue weighted by atomic mass is 16.1. The Morgan fingerprint density at radius 1 is 1.35 bits per heavy atom. The Kier molecular flexibility index (Phi) is 4.81. The molecule has 1 unspecified atom stereocenters. The normalized spacial score (nSPS) is 19.5. The molecule has 1 amide bonds.